The molecule has 4 N–H and O–H groups in total. The monoisotopic (exact) mass is 451 g/mol. The number of halogens is 2. The first-order valence-electron chi connectivity index (χ1n) is 8.67. The van der Waals surface area contributed by atoms with E-state index >= 15 is 4.39 Å². The summed E-state index contributed by atoms with van der Waals surface area (Å²) < 4.78 is 46.7. The zero-order chi connectivity index (χ0) is 22.2. The summed E-state index contributed by atoms with van der Waals surface area (Å²) in [6, 6.07) is 1.18. The summed E-state index contributed by atoms with van der Waals surface area (Å²) in [5, 5.41) is 9.14. The summed E-state index contributed by atoms with van der Waals surface area (Å²) in [6.07, 6.45) is -1.76. The number of carbonyl (C=O) groups excluding carboxylic acids is 2. The molecule has 2 rings (SSSR count). The molecule has 1 saturated heterocycles. The summed E-state index contributed by atoms with van der Waals surface area (Å²) >= 11 is 5.92. The number of benzene rings is 1. The molecule has 1 aromatic carbocycles. The van der Waals surface area contributed by atoms with E-state index < -0.39 is 61.1 Å². The van der Waals surface area contributed by atoms with Crippen LogP contribution in [-0.4, -0.2) is 54.2 Å². The summed E-state index contributed by atoms with van der Waals surface area (Å²) in [6.45, 7) is 4.62. The SMILES string of the molecule is CC(C)(C)OC(=O)N1CCC(F)(S(=O)(=O)c2c(Cl)ccc(NC(N)=O)c2O)CC1. The predicted octanol–water partition coefficient (Wildman–Crippen LogP) is 3.01. The quantitative estimate of drug-likeness (QED) is 0.603. The second kappa shape index (κ2) is 7.86. The molecule has 1 aromatic rings. The van der Waals surface area contributed by atoms with Gasteiger partial charge in [-0.05, 0) is 32.9 Å². The van der Waals surface area contributed by atoms with Gasteiger partial charge >= 0.3 is 12.1 Å². The smallest absolute Gasteiger partial charge is 0.410 e. The van der Waals surface area contributed by atoms with Gasteiger partial charge < -0.3 is 25.8 Å². The minimum absolute atomic E-state index is 0.206. The van der Waals surface area contributed by atoms with Gasteiger partial charge in [0, 0.05) is 25.9 Å². The maximum Gasteiger partial charge on any atom is 0.410 e. The number of nitrogens with zero attached hydrogens (tertiary/aromatic N) is 1. The number of phenolic OH excluding ortho intramolecular Hbond substituents is 1. The highest BCUT2D eigenvalue weighted by Gasteiger charge is 2.50. The lowest BCUT2D eigenvalue weighted by molar-refractivity contribution is 0.0137. The van der Waals surface area contributed by atoms with Crippen LogP contribution >= 0.6 is 11.6 Å². The number of primary amides is 1. The van der Waals surface area contributed by atoms with Crippen molar-refractivity contribution in [2.45, 2.75) is 49.1 Å². The summed E-state index contributed by atoms with van der Waals surface area (Å²) in [7, 11) is -4.78. The highest BCUT2D eigenvalue weighted by Crippen LogP contribution is 2.45. The average Bonchev–Trinajstić information content (AvgIpc) is 2.56. The molecule has 1 fully saturated rings. The van der Waals surface area contributed by atoms with Crippen molar-refractivity contribution < 1.29 is 32.2 Å². The van der Waals surface area contributed by atoms with E-state index in [1.807, 2.05) is 5.32 Å². The first kappa shape index (κ1) is 23.0. The summed E-state index contributed by atoms with van der Waals surface area (Å²) in [4.78, 5) is 23.5. The Morgan fingerprint density at radius 1 is 1.31 bits per heavy atom. The van der Waals surface area contributed by atoms with Crippen molar-refractivity contribution in [3.63, 3.8) is 0 Å². The molecule has 29 heavy (non-hydrogen) atoms. The number of carbonyl (C=O) groups is 2. The Morgan fingerprint density at radius 2 is 1.86 bits per heavy atom. The number of anilines is 1. The number of hydrogen-bond acceptors (Lipinski definition) is 6. The number of nitrogens with one attached hydrogen (secondary N) is 1. The molecule has 0 spiro atoms. The van der Waals surface area contributed by atoms with E-state index in [1.54, 1.807) is 20.8 Å². The van der Waals surface area contributed by atoms with E-state index in [-0.39, 0.29) is 18.8 Å². The Balaban J connectivity index is 2.31. The maximum atomic E-state index is 15.5. The van der Waals surface area contributed by atoms with Gasteiger partial charge in [0.1, 0.15) is 10.5 Å². The van der Waals surface area contributed by atoms with Gasteiger partial charge in [0.15, 0.2) is 5.75 Å². The number of aromatic hydroxyl groups is 1. The normalized spacial score (nSPS) is 16.9. The van der Waals surface area contributed by atoms with Crippen molar-refractivity contribution in [1.82, 2.24) is 4.90 Å². The molecule has 0 radical (unpaired) electrons. The molecular formula is C17H23ClFN3O6S. The largest absolute Gasteiger partial charge is 0.504 e. The molecule has 0 aromatic heterocycles. The molecule has 9 nitrogen and oxygen atoms in total. The van der Waals surface area contributed by atoms with E-state index in [4.69, 9.17) is 22.1 Å². The molecule has 1 heterocycles. The number of urea groups is 1. The van der Waals surface area contributed by atoms with E-state index in [1.165, 1.54) is 4.90 Å². The average molecular weight is 452 g/mol. The number of alkyl halides is 1. The first-order chi connectivity index (χ1) is 13.2. The molecule has 162 valence electrons. The molecule has 12 heteroatoms. The van der Waals surface area contributed by atoms with Gasteiger partial charge in [-0.2, -0.15) is 0 Å². The lowest BCUT2D eigenvalue weighted by Crippen LogP contribution is -2.49. The zero-order valence-electron chi connectivity index (χ0n) is 16.2. The molecule has 0 unspecified atom stereocenters. The summed E-state index contributed by atoms with van der Waals surface area (Å²) in [5.41, 5.74) is 3.91. The van der Waals surface area contributed by atoms with Gasteiger partial charge in [-0.1, -0.05) is 11.6 Å². The number of likely N-dealkylation sites (tertiary alicyclic amines) is 1. The third-order valence-electron chi connectivity index (χ3n) is 4.25. The number of sulfone groups is 1. The topological polar surface area (TPSA) is 139 Å². The molecule has 0 atom stereocenters. The van der Waals surface area contributed by atoms with Gasteiger partial charge in [-0.3, -0.25) is 0 Å². The molecule has 0 saturated carbocycles. The Kier molecular flexibility index (Phi) is 6.24. The van der Waals surface area contributed by atoms with Gasteiger partial charge in [-0.25, -0.2) is 22.4 Å². The van der Waals surface area contributed by atoms with Gasteiger partial charge in [0.25, 0.3) is 0 Å². The Labute approximate surface area is 172 Å². The first-order valence-corrected chi connectivity index (χ1v) is 10.5. The van der Waals surface area contributed by atoms with Crippen molar-refractivity contribution in [2.75, 3.05) is 18.4 Å². The van der Waals surface area contributed by atoms with Gasteiger partial charge in [-0.15, -0.1) is 0 Å². The van der Waals surface area contributed by atoms with Crippen LogP contribution < -0.4 is 11.1 Å². The van der Waals surface area contributed by atoms with Gasteiger partial charge in [0.2, 0.25) is 14.8 Å². The van der Waals surface area contributed by atoms with E-state index in [0.717, 1.165) is 12.1 Å². The molecule has 3 amide bonds. The predicted molar refractivity (Wildman–Crippen MR) is 104 cm³/mol. The standard InChI is InChI=1S/C17H23ClFN3O6S/c1-16(2,3)28-15(25)22-8-6-17(19,7-9-22)29(26,27)13-10(18)4-5-11(12(13)23)21-14(20)24/h4-5,23H,6-9H2,1-3H3,(H3,20,21,24). The third-order valence-corrected chi connectivity index (χ3v) is 7.00. The fourth-order valence-corrected chi connectivity index (χ4v) is 5.07. The van der Waals surface area contributed by atoms with Crippen molar-refractivity contribution in [3.8, 4) is 5.75 Å². The van der Waals surface area contributed by atoms with E-state index in [0.29, 0.717) is 0 Å². The Morgan fingerprint density at radius 3 is 2.34 bits per heavy atom. The molecular weight excluding hydrogens is 429 g/mol. The minimum Gasteiger partial charge on any atom is -0.504 e. The molecule has 0 bridgehead atoms. The highest BCUT2D eigenvalue weighted by atomic mass is 35.5. The lowest BCUT2D eigenvalue weighted by atomic mass is 10.1. The van der Waals surface area contributed by atoms with Crippen LogP contribution in [0.2, 0.25) is 5.02 Å². The number of rotatable bonds is 3. The van der Waals surface area contributed by atoms with Crippen LogP contribution in [0.25, 0.3) is 0 Å². The number of ether oxygens (including phenoxy) is 1. The maximum absolute atomic E-state index is 15.5. The third kappa shape index (κ3) is 4.84. The number of amides is 3. The minimum atomic E-state index is -4.78. The fraction of sp³-hybridized carbons (Fsp3) is 0.529. The number of piperidine rings is 1. The number of phenols is 1. The van der Waals surface area contributed by atoms with E-state index in [2.05, 4.69) is 0 Å². The number of nitrogens with two attached hydrogens (primary N) is 1. The molecule has 1 aliphatic heterocycles. The lowest BCUT2D eigenvalue weighted by Gasteiger charge is -2.36. The van der Waals surface area contributed by atoms with Crippen molar-refractivity contribution in [2.24, 2.45) is 5.73 Å². The second-order valence-corrected chi connectivity index (χ2v) is 10.2. The zero-order valence-corrected chi connectivity index (χ0v) is 17.7. The van der Waals surface area contributed by atoms with E-state index in [9.17, 15) is 23.1 Å². The van der Waals surface area contributed by atoms with Crippen molar-refractivity contribution in [3.05, 3.63) is 17.2 Å². The molecule has 0 aliphatic carbocycles. The van der Waals surface area contributed by atoms with Crippen molar-refractivity contribution in [1.29, 1.82) is 0 Å². The summed E-state index contributed by atoms with van der Waals surface area (Å²) in [5.74, 6) is -0.914. The van der Waals surface area contributed by atoms with Crippen LogP contribution in [0.3, 0.4) is 0 Å². The highest BCUT2D eigenvalue weighted by molar-refractivity contribution is 7.92. The van der Waals surface area contributed by atoms with Crippen molar-refractivity contribution >= 4 is 39.2 Å². The van der Waals surface area contributed by atoms with Crippen LogP contribution in [0.5, 0.6) is 5.75 Å². The van der Waals surface area contributed by atoms with Crippen LogP contribution in [0, 0.1) is 0 Å². The van der Waals surface area contributed by atoms with Crippen LogP contribution in [0.1, 0.15) is 33.6 Å². The number of hydrogen-bond donors (Lipinski definition) is 3. The van der Waals surface area contributed by atoms with Crippen LogP contribution in [0.15, 0.2) is 17.0 Å². The van der Waals surface area contributed by atoms with Crippen LogP contribution in [-0.2, 0) is 14.6 Å². The fourth-order valence-electron chi connectivity index (χ4n) is 2.84. The van der Waals surface area contributed by atoms with Crippen LogP contribution in [0.4, 0.5) is 19.7 Å². The Hall–Kier alpha value is -2.27. The Bertz CT molecular complexity index is 924. The molecule has 1 aliphatic rings. The van der Waals surface area contributed by atoms with Gasteiger partial charge in [0.05, 0.1) is 10.7 Å². The second-order valence-electron chi connectivity index (χ2n) is 7.62.